The number of nitrogens with zero attached hydrogens (tertiary/aromatic N) is 4. The number of likely N-dealkylation sites (tertiary alicyclic amines) is 1. The number of rotatable bonds is 4. The summed E-state index contributed by atoms with van der Waals surface area (Å²) in [6.45, 7) is 6.36. The number of hydrogen-bond donors (Lipinski definition) is 3. The minimum Gasteiger partial charge on any atom is -0.505 e. The van der Waals surface area contributed by atoms with E-state index in [9.17, 15) is 9.50 Å². The molecule has 1 aliphatic carbocycles. The van der Waals surface area contributed by atoms with Crippen molar-refractivity contribution in [2.24, 2.45) is 0 Å². The van der Waals surface area contributed by atoms with Crippen LogP contribution in [0.4, 0.5) is 4.39 Å². The van der Waals surface area contributed by atoms with Crippen LogP contribution < -0.4 is 0 Å². The van der Waals surface area contributed by atoms with E-state index in [1.165, 1.54) is 31.6 Å². The SMILES string of the molecule is CCC1=CC(O)=C(F)CC1c1ccc2c(-c3nc4c([nH]3)CN(C3CCN(C)CC3)CC4)n[nH]c2c1. The van der Waals surface area contributed by atoms with Gasteiger partial charge in [0.25, 0.3) is 0 Å². The van der Waals surface area contributed by atoms with Crippen LogP contribution >= 0.6 is 0 Å². The Morgan fingerprint density at radius 1 is 1.20 bits per heavy atom. The summed E-state index contributed by atoms with van der Waals surface area (Å²) in [5.41, 5.74) is 6.16. The summed E-state index contributed by atoms with van der Waals surface area (Å²) < 4.78 is 14.2. The van der Waals surface area contributed by atoms with Gasteiger partial charge in [-0.1, -0.05) is 24.6 Å². The number of halogens is 1. The Balaban J connectivity index is 1.25. The molecule has 184 valence electrons. The van der Waals surface area contributed by atoms with Crippen LogP contribution in [-0.4, -0.2) is 67.8 Å². The van der Waals surface area contributed by atoms with E-state index in [4.69, 9.17) is 4.98 Å². The van der Waals surface area contributed by atoms with Crippen LogP contribution in [0.3, 0.4) is 0 Å². The fourth-order valence-corrected chi connectivity index (χ4v) is 5.98. The number of fused-ring (bicyclic) bond motifs is 2. The molecular formula is C27H33FN6O. The van der Waals surface area contributed by atoms with Crippen LogP contribution in [0.1, 0.15) is 55.5 Å². The van der Waals surface area contributed by atoms with Gasteiger partial charge in [0.1, 0.15) is 17.3 Å². The minimum absolute atomic E-state index is 0.0754. The van der Waals surface area contributed by atoms with Crippen LogP contribution in [0, 0.1) is 0 Å². The van der Waals surface area contributed by atoms with Crippen molar-refractivity contribution in [2.75, 3.05) is 26.7 Å². The Hall–Kier alpha value is -2.97. The molecular weight excluding hydrogens is 443 g/mol. The average Bonchev–Trinajstić information content (AvgIpc) is 3.48. The van der Waals surface area contributed by atoms with Crippen LogP contribution in [0.2, 0.25) is 0 Å². The first-order chi connectivity index (χ1) is 17.0. The molecule has 1 unspecified atom stereocenters. The number of imidazole rings is 1. The Morgan fingerprint density at radius 3 is 2.83 bits per heavy atom. The second-order valence-corrected chi connectivity index (χ2v) is 10.3. The molecule has 1 atom stereocenters. The van der Waals surface area contributed by atoms with E-state index in [0.29, 0.717) is 6.04 Å². The van der Waals surface area contributed by atoms with Crippen molar-refractivity contribution in [1.29, 1.82) is 0 Å². The van der Waals surface area contributed by atoms with E-state index < -0.39 is 5.83 Å². The summed E-state index contributed by atoms with van der Waals surface area (Å²) in [6.07, 6.45) is 5.96. The van der Waals surface area contributed by atoms with E-state index in [1.54, 1.807) is 6.08 Å². The number of benzene rings is 1. The maximum absolute atomic E-state index is 14.2. The highest BCUT2D eigenvalue weighted by molar-refractivity contribution is 5.91. The van der Waals surface area contributed by atoms with Gasteiger partial charge in [0.2, 0.25) is 0 Å². The number of piperidine rings is 1. The number of hydrogen-bond acceptors (Lipinski definition) is 5. The molecule has 35 heavy (non-hydrogen) atoms. The zero-order chi connectivity index (χ0) is 24.1. The Bertz CT molecular complexity index is 1310. The second kappa shape index (κ2) is 8.91. The van der Waals surface area contributed by atoms with Crippen molar-refractivity contribution in [3.8, 4) is 11.5 Å². The van der Waals surface area contributed by atoms with Crippen LogP contribution in [-0.2, 0) is 13.0 Å². The third-order valence-corrected chi connectivity index (χ3v) is 8.12. The molecule has 2 aromatic heterocycles. The smallest absolute Gasteiger partial charge is 0.159 e. The van der Waals surface area contributed by atoms with Crippen molar-refractivity contribution in [2.45, 2.75) is 57.5 Å². The summed E-state index contributed by atoms with van der Waals surface area (Å²) in [7, 11) is 2.21. The van der Waals surface area contributed by atoms with Gasteiger partial charge >= 0.3 is 0 Å². The number of allylic oxidation sites excluding steroid dienone is 3. The fraction of sp³-hybridized carbons (Fsp3) is 0.481. The van der Waals surface area contributed by atoms with Gasteiger partial charge in [0, 0.05) is 43.3 Å². The third kappa shape index (κ3) is 4.08. The summed E-state index contributed by atoms with van der Waals surface area (Å²) in [6, 6.07) is 6.81. The van der Waals surface area contributed by atoms with Gasteiger partial charge in [-0.05, 0) is 57.1 Å². The first-order valence-electron chi connectivity index (χ1n) is 12.8. The zero-order valence-corrected chi connectivity index (χ0v) is 20.4. The monoisotopic (exact) mass is 476 g/mol. The molecule has 0 saturated carbocycles. The predicted molar refractivity (Wildman–Crippen MR) is 135 cm³/mol. The molecule has 2 aliphatic heterocycles. The normalized spacial score (nSPS) is 22.6. The van der Waals surface area contributed by atoms with Gasteiger partial charge in [-0.15, -0.1) is 0 Å². The highest BCUT2D eigenvalue weighted by atomic mass is 19.1. The van der Waals surface area contributed by atoms with Gasteiger partial charge in [-0.25, -0.2) is 9.37 Å². The molecule has 7 nitrogen and oxygen atoms in total. The number of aliphatic hydroxyl groups excluding tert-OH is 1. The van der Waals surface area contributed by atoms with Crippen molar-refractivity contribution in [3.63, 3.8) is 0 Å². The van der Waals surface area contributed by atoms with Crippen LogP contribution in [0.25, 0.3) is 22.4 Å². The lowest BCUT2D eigenvalue weighted by Crippen LogP contribution is -2.45. The largest absolute Gasteiger partial charge is 0.505 e. The highest BCUT2D eigenvalue weighted by Crippen LogP contribution is 2.39. The van der Waals surface area contributed by atoms with Gasteiger partial charge in [0.15, 0.2) is 5.82 Å². The first-order valence-corrected chi connectivity index (χ1v) is 12.8. The molecule has 1 saturated heterocycles. The number of nitrogens with one attached hydrogen (secondary N) is 2. The molecule has 0 amide bonds. The number of aromatic nitrogens is 4. The Labute approximate surface area is 204 Å². The summed E-state index contributed by atoms with van der Waals surface area (Å²) in [5.74, 6) is 0.0469. The lowest BCUT2D eigenvalue weighted by Gasteiger charge is -2.38. The maximum atomic E-state index is 14.2. The summed E-state index contributed by atoms with van der Waals surface area (Å²) in [4.78, 5) is 13.5. The van der Waals surface area contributed by atoms with Crippen molar-refractivity contribution in [3.05, 3.63) is 58.4 Å². The van der Waals surface area contributed by atoms with Gasteiger partial charge in [-0.2, -0.15) is 5.10 Å². The lowest BCUT2D eigenvalue weighted by atomic mass is 9.83. The Kier molecular flexibility index (Phi) is 5.73. The van der Waals surface area contributed by atoms with Crippen molar-refractivity contribution in [1.82, 2.24) is 30.0 Å². The van der Waals surface area contributed by atoms with E-state index in [0.717, 1.165) is 65.2 Å². The predicted octanol–water partition coefficient (Wildman–Crippen LogP) is 4.97. The number of aliphatic hydroxyl groups is 1. The quantitative estimate of drug-likeness (QED) is 0.495. The van der Waals surface area contributed by atoms with E-state index >= 15 is 0 Å². The third-order valence-electron chi connectivity index (χ3n) is 8.12. The van der Waals surface area contributed by atoms with Crippen molar-refractivity contribution >= 4 is 10.9 Å². The van der Waals surface area contributed by atoms with E-state index in [-0.39, 0.29) is 18.1 Å². The summed E-state index contributed by atoms with van der Waals surface area (Å²) in [5, 5.41) is 18.6. The fourth-order valence-electron chi connectivity index (χ4n) is 5.98. The van der Waals surface area contributed by atoms with Crippen molar-refractivity contribution < 1.29 is 9.50 Å². The molecule has 0 spiro atoms. The molecule has 0 bridgehead atoms. The Morgan fingerprint density at radius 2 is 2.03 bits per heavy atom. The molecule has 3 aliphatic rings. The molecule has 0 radical (unpaired) electrons. The highest BCUT2D eigenvalue weighted by Gasteiger charge is 2.29. The minimum atomic E-state index is -0.451. The van der Waals surface area contributed by atoms with E-state index in [2.05, 4.69) is 50.2 Å². The maximum Gasteiger partial charge on any atom is 0.159 e. The van der Waals surface area contributed by atoms with Crippen LogP contribution in [0.15, 0.2) is 41.4 Å². The standard InChI is InChI=1S/C27H33FN6O/c1-3-16-13-25(35)21(28)14-20(16)17-4-5-19-23(12-17)31-32-26(19)27-29-22-8-11-34(15-24(22)30-27)18-6-9-33(2)10-7-18/h4-5,12-13,18,20,35H,3,6-11,14-15H2,1-2H3,(H,29,30)(H,31,32). The summed E-state index contributed by atoms with van der Waals surface area (Å²) >= 11 is 0. The topological polar surface area (TPSA) is 84.1 Å². The second-order valence-electron chi connectivity index (χ2n) is 10.3. The average molecular weight is 477 g/mol. The number of H-pyrrole nitrogens is 2. The molecule has 1 fully saturated rings. The first kappa shape index (κ1) is 22.5. The van der Waals surface area contributed by atoms with Gasteiger partial charge in [-0.3, -0.25) is 10.00 Å². The molecule has 4 heterocycles. The lowest BCUT2D eigenvalue weighted by molar-refractivity contribution is 0.108. The number of aromatic amines is 2. The van der Waals surface area contributed by atoms with Gasteiger partial charge in [0.05, 0.1) is 16.9 Å². The van der Waals surface area contributed by atoms with Gasteiger partial charge < -0.3 is 15.0 Å². The van der Waals surface area contributed by atoms with Crippen LogP contribution in [0.5, 0.6) is 0 Å². The molecule has 6 rings (SSSR count). The molecule has 3 aromatic rings. The zero-order valence-electron chi connectivity index (χ0n) is 20.4. The molecule has 1 aromatic carbocycles. The molecule has 3 N–H and O–H groups in total. The van der Waals surface area contributed by atoms with E-state index in [1.807, 2.05) is 6.92 Å². The molecule has 8 heteroatoms.